The van der Waals surface area contributed by atoms with Crippen LogP contribution in [0.25, 0.3) is 11.1 Å². The molecule has 1 heterocycles. The molecular weight excluding hydrogens is 522 g/mol. The molecule has 0 radical (unpaired) electrons. The van der Waals surface area contributed by atoms with Gasteiger partial charge in [0.15, 0.2) is 5.69 Å². The number of aryl methyl sites for hydroxylation is 2. The molecule has 10 heteroatoms. The lowest BCUT2D eigenvalue weighted by Crippen LogP contribution is -2.33. The van der Waals surface area contributed by atoms with Crippen LogP contribution >= 0.6 is 0 Å². The van der Waals surface area contributed by atoms with E-state index in [9.17, 15) is 22.4 Å². The maximum atomic E-state index is 13.9. The molecule has 0 aliphatic heterocycles. The van der Waals surface area contributed by atoms with Crippen molar-refractivity contribution in [2.24, 2.45) is 11.8 Å². The van der Waals surface area contributed by atoms with Crippen molar-refractivity contribution in [2.45, 2.75) is 71.3 Å². The molecule has 1 atom stereocenters. The van der Waals surface area contributed by atoms with Gasteiger partial charge in [0.05, 0.1) is 11.9 Å². The number of nitrogens with one attached hydrogen (secondary N) is 3. The van der Waals surface area contributed by atoms with E-state index in [4.69, 9.17) is 5.41 Å². The third-order valence-electron chi connectivity index (χ3n) is 7.84. The van der Waals surface area contributed by atoms with Gasteiger partial charge < -0.3 is 10.6 Å². The number of hydrogen-bond acceptors (Lipinski definition) is 3. The number of carbonyl (C=O) groups excluding carboxylic acids is 1. The average molecular weight is 556 g/mol. The highest BCUT2D eigenvalue weighted by Crippen LogP contribution is 2.42. The van der Waals surface area contributed by atoms with Crippen LogP contribution < -0.4 is 10.6 Å². The van der Waals surface area contributed by atoms with Crippen LogP contribution in [0, 0.1) is 30.0 Å². The monoisotopic (exact) mass is 555 g/mol. The Kier molecular flexibility index (Phi) is 7.70. The Morgan fingerprint density at radius 1 is 1.15 bits per heavy atom. The van der Waals surface area contributed by atoms with E-state index in [0.29, 0.717) is 17.0 Å². The molecule has 2 aliphatic carbocycles. The van der Waals surface area contributed by atoms with Gasteiger partial charge in [-0.05, 0) is 92.0 Å². The minimum Gasteiger partial charge on any atom is -0.370 e. The van der Waals surface area contributed by atoms with Crippen molar-refractivity contribution in [3.63, 3.8) is 0 Å². The Morgan fingerprint density at radius 2 is 1.90 bits per heavy atom. The summed E-state index contributed by atoms with van der Waals surface area (Å²) in [5, 5.41) is 18.2. The number of rotatable bonds is 9. The predicted molar refractivity (Wildman–Crippen MR) is 144 cm³/mol. The Morgan fingerprint density at radius 3 is 2.50 bits per heavy atom. The maximum absolute atomic E-state index is 13.9. The van der Waals surface area contributed by atoms with Gasteiger partial charge in [0.2, 0.25) is 0 Å². The molecule has 2 saturated carbocycles. The minimum atomic E-state index is -4.67. The van der Waals surface area contributed by atoms with E-state index >= 15 is 0 Å². The summed E-state index contributed by atoms with van der Waals surface area (Å²) in [6.07, 6.45) is 1.48. The van der Waals surface area contributed by atoms with Crippen molar-refractivity contribution in [3.05, 3.63) is 76.4 Å². The van der Waals surface area contributed by atoms with Crippen LogP contribution in [0.1, 0.15) is 77.8 Å². The first kappa shape index (κ1) is 27.9. The van der Waals surface area contributed by atoms with E-state index in [1.54, 1.807) is 38.1 Å². The van der Waals surface area contributed by atoms with Crippen molar-refractivity contribution < 1.29 is 22.4 Å². The fraction of sp³-hybridized carbons (Fsp3) is 0.433. The van der Waals surface area contributed by atoms with Gasteiger partial charge in [-0.3, -0.25) is 14.9 Å². The summed E-state index contributed by atoms with van der Waals surface area (Å²) < 4.78 is 56.9. The molecule has 0 saturated heterocycles. The molecule has 0 bridgehead atoms. The van der Waals surface area contributed by atoms with Gasteiger partial charge in [0.1, 0.15) is 5.82 Å². The minimum absolute atomic E-state index is 0.104. The second-order valence-electron chi connectivity index (χ2n) is 10.9. The highest BCUT2D eigenvalue weighted by Gasteiger charge is 2.38. The number of hydrogen-bond donors (Lipinski definition) is 3. The molecule has 2 aromatic carbocycles. The molecule has 1 unspecified atom stereocenters. The zero-order valence-corrected chi connectivity index (χ0v) is 22.5. The lowest BCUT2D eigenvalue weighted by atomic mass is 9.84. The number of benzene rings is 2. The molecule has 212 valence electrons. The summed E-state index contributed by atoms with van der Waals surface area (Å²) in [6, 6.07) is 9.17. The number of amides is 1. The number of amidine groups is 1. The third kappa shape index (κ3) is 6.05. The van der Waals surface area contributed by atoms with Gasteiger partial charge in [0.25, 0.3) is 5.91 Å². The van der Waals surface area contributed by atoms with Crippen molar-refractivity contribution >= 4 is 11.7 Å². The van der Waals surface area contributed by atoms with Crippen LogP contribution in [-0.4, -0.2) is 21.5 Å². The van der Waals surface area contributed by atoms with E-state index < -0.39 is 17.8 Å². The van der Waals surface area contributed by atoms with Crippen molar-refractivity contribution in [3.8, 4) is 11.1 Å². The molecule has 2 aliphatic rings. The fourth-order valence-electron chi connectivity index (χ4n) is 5.11. The van der Waals surface area contributed by atoms with E-state index in [1.807, 2.05) is 0 Å². The highest BCUT2D eigenvalue weighted by molar-refractivity contribution is 5.96. The molecule has 2 fully saturated rings. The SMILES string of the molecule is CCn1cc(-c2cc(CNC(=N)C3CCC3)cc(C(=O)NC(c3ccc(F)c(C)c3)C3CC3)c2)c(C(F)(F)F)n1. The first-order valence-corrected chi connectivity index (χ1v) is 13.7. The van der Waals surface area contributed by atoms with Crippen LogP contribution in [0.5, 0.6) is 0 Å². The number of halogens is 4. The van der Waals surface area contributed by atoms with Crippen LogP contribution in [0.15, 0.2) is 42.6 Å². The van der Waals surface area contributed by atoms with Crippen LogP contribution in [-0.2, 0) is 19.3 Å². The molecular formula is C30H33F4N5O. The van der Waals surface area contributed by atoms with Gasteiger partial charge in [-0.2, -0.15) is 18.3 Å². The molecule has 40 heavy (non-hydrogen) atoms. The van der Waals surface area contributed by atoms with Crippen LogP contribution in [0.2, 0.25) is 0 Å². The number of alkyl halides is 3. The lowest BCUT2D eigenvalue weighted by molar-refractivity contribution is -0.141. The molecule has 6 nitrogen and oxygen atoms in total. The Balaban J connectivity index is 1.49. The standard InChI is InChI=1S/C30H33F4N5O/c1-3-39-16-24(27(38-39)30(32,33)34)22-12-18(15-36-28(35)20-5-4-6-20)13-23(14-22)29(40)37-26(19-7-8-19)21-9-10-25(31)17(2)11-21/h9-14,16,19-20,26H,3-8,15H2,1-2H3,(H2,35,36)(H,37,40). The number of carbonyl (C=O) groups is 1. The van der Waals surface area contributed by atoms with E-state index in [2.05, 4.69) is 15.7 Å². The number of aromatic nitrogens is 2. The molecule has 3 N–H and O–H groups in total. The van der Waals surface area contributed by atoms with Gasteiger partial charge in [-0.25, -0.2) is 4.39 Å². The van der Waals surface area contributed by atoms with Gasteiger partial charge in [0, 0.05) is 36.3 Å². The van der Waals surface area contributed by atoms with Crippen LogP contribution in [0.3, 0.4) is 0 Å². The summed E-state index contributed by atoms with van der Waals surface area (Å²) in [6.45, 7) is 3.84. The van der Waals surface area contributed by atoms with E-state index in [-0.39, 0.29) is 53.5 Å². The van der Waals surface area contributed by atoms with Crippen molar-refractivity contribution in [2.75, 3.05) is 0 Å². The topological polar surface area (TPSA) is 82.8 Å². The Bertz CT molecular complexity index is 1420. The highest BCUT2D eigenvalue weighted by atomic mass is 19.4. The lowest BCUT2D eigenvalue weighted by Gasteiger charge is -2.26. The van der Waals surface area contributed by atoms with Gasteiger partial charge in [-0.1, -0.05) is 18.6 Å². The van der Waals surface area contributed by atoms with Crippen LogP contribution in [0.4, 0.5) is 17.6 Å². The Labute approximate surface area is 230 Å². The maximum Gasteiger partial charge on any atom is 0.435 e. The largest absolute Gasteiger partial charge is 0.435 e. The normalized spacial score (nSPS) is 16.4. The molecule has 3 aromatic rings. The average Bonchev–Trinajstić information content (AvgIpc) is 3.62. The molecule has 0 spiro atoms. The summed E-state index contributed by atoms with van der Waals surface area (Å²) >= 11 is 0. The molecule has 1 amide bonds. The first-order valence-electron chi connectivity index (χ1n) is 13.7. The second kappa shape index (κ2) is 11.1. The second-order valence-corrected chi connectivity index (χ2v) is 10.9. The summed E-state index contributed by atoms with van der Waals surface area (Å²) in [5.74, 6) is 0.0326. The van der Waals surface area contributed by atoms with E-state index in [1.165, 1.54) is 23.0 Å². The zero-order valence-electron chi connectivity index (χ0n) is 22.5. The first-order chi connectivity index (χ1) is 19.0. The molecule has 1 aromatic heterocycles. The summed E-state index contributed by atoms with van der Waals surface area (Å²) in [5.41, 5.74) is 1.20. The Hall–Kier alpha value is -3.69. The van der Waals surface area contributed by atoms with Crippen molar-refractivity contribution in [1.29, 1.82) is 5.41 Å². The quantitative estimate of drug-likeness (QED) is 0.155. The smallest absolute Gasteiger partial charge is 0.370 e. The van der Waals surface area contributed by atoms with Gasteiger partial charge in [-0.15, -0.1) is 0 Å². The van der Waals surface area contributed by atoms with Gasteiger partial charge >= 0.3 is 6.18 Å². The summed E-state index contributed by atoms with van der Waals surface area (Å²) in [4.78, 5) is 13.6. The number of nitrogens with zero attached hydrogens (tertiary/aromatic N) is 2. The fourth-order valence-corrected chi connectivity index (χ4v) is 5.11. The third-order valence-corrected chi connectivity index (χ3v) is 7.84. The predicted octanol–water partition coefficient (Wildman–Crippen LogP) is 6.78. The van der Waals surface area contributed by atoms with E-state index in [0.717, 1.165) is 37.7 Å². The zero-order chi connectivity index (χ0) is 28.6. The van der Waals surface area contributed by atoms with Crippen molar-refractivity contribution in [1.82, 2.24) is 20.4 Å². The summed E-state index contributed by atoms with van der Waals surface area (Å²) in [7, 11) is 0. The molecule has 5 rings (SSSR count).